The molecule has 0 atom stereocenters. The van der Waals surface area contributed by atoms with Crippen molar-refractivity contribution in [2.24, 2.45) is 0 Å². The van der Waals surface area contributed by atoms with E-state index in [9.17, 15) is 0 Å². The van der Waals surface area contributed by atoms with Crippen LogP contribution in [0.3, 0.4) is 0 Å². The van der Waals surface area contributed by atoms with Crippen LogP contribution in [0.4, 0.5) is 0 Å². The first kappa shape index (κ1) is 8.48. The smallest absolute Gasteiger partial charge is 0.243 e. The van der Waals surface area contributed by atoms with Crippen LogP contribution in [-0.2, 0) is 5.66 Å². The predicted octanol–water partition coefficient (Wildman–Crippen LogP) is 2.31. The third kappa shape index (κ3) is 0.685. The predicted molar refractivity (Wildman–Crippen MR) is 71.0 cm³/mol. The molecule has 4 nitrogen and oxygen atoms in total. The lowest BCUT2D eigenvalue weighted by atomic mass is 10.3. The quantitative estimate of drug-likeness (QED) is 0.411. The summed E-state index contributed by atoms with van der Waals surface area (Å²) in [4.78, 5) is 9.43. The van der Waals surface area contributed by atoms with Gasteiger partial charge in [-0.05, 0) is 24.3 Å². The molecule has 0 aliphatic carbocycles. The average molecular weight is 244 g/mol. The molecule has 0 saturated carbocycles. The molecule has 6 rings (SSSR count). The normalized spacial score (nSPS) is 16.8. The van der Waals surface area contributed by atoms with Crippen molar-refractivity contribution in [2.45, 2.75) is 5.66 Å². The molecule has 0 unspecified atom stereocenters. The first-order valence-electron chi connectivity index (χ1n) is 6.39. The molecule has 0 radical (unpaired) electrons. The Labute approximate surface area is 107 Å². The minimum absolute atomic E-state index is 0.122. The highest BCUT2D eigenvalue weighted by Gasteiger charge is 2.72. The summed E-state index contributed by atoms with van der Waals surface area (Å²) in [6.07, 6.45) is 0. The molecule has 4 heteroatoms. The van der Waals surface area contributed by atoms with E-state index >= 15 is 0 Å². The summed E-state index contributed by atoms with van der Waals surface area (Å²) in [5.74, 6) is 2.25. The Balaban J connectivity index is 1.67. The van der Waals surface area contributed by atoms with Crippen molar-refractivity contribution in [1.29, 1.82) is 0 Å². The van der Waals surface area contributed by atoms with Crippen LogP contribution in [0.15, 0.2) is 48.5 Å². The number of hydrogen-bond donors (Lipinski definition) is 0. The largest absolute Gasteiger partial charge is 0.286 e. The van der Waals surface area contributed by atoms with Crippen LogP contribution in [-0.4, -0.2) is 19.1 Å². The zero-order chi connectivity index (χ0) is 12.2. The molecule has 0 N–H and O–H groups in total. The highest BCUT2D eigenvalue weighted by Crippen LogP contribution is 2.61. The van der Waals surface area contributed by atoms with Crippen molar-refractivity contribution in [2.75, 3.05) is 0 Å². The third-order valence-corrected chi connectivity index (χ3v) is 4.29. The van der Waals surface area contributed by atoms with E-state index in [4.69, 9.17) is 9.97 Å². The van der Waals surface area contributed by atoms with Gasteiger partial charge in [-0.2, -0.15) is 0 Å². The summed E-state index contributed by atoms with van der Waals surface area (Å²) in [5, 5.41) is 0. The molecule has 1 spiro atoms. The molecule has 2 aliphatic heterocycles. The van der Waals surface area contributed by atoms with Crippen molar-refractivity contribution >= 4 is 22.1 Å². The summed E-state index contributed by atoms with van der Waals surface area (Å²) in [7, 11) is 0. The minimum Gasteiger partial charge on any atom is -0.286 e. The maximum absolute atomic E-state index is 4.72. The monoisotopic (exact) mass is 244 g/mol. The Morgan fingerprint density at radius 3 is 1.68 bits per heavy atom. The van der Waals surface area contributed by atoms with Crippen LogP contribution in [0.25, 0.3) is 22.1 Å². The molecule has 0 saturated heterocycles. The molecule has 2 aliphatic rings. The number of hydrogen-bond acceptors (Lipinski definition) is 2. The van der Waals surface area contributed by atoms with Gasteiger partial charge in [0.2, 0.25) is 5.66 Å². The molecule has 88 valence electrons. The topological polar surface area (TPSA) is 35.6 Å². The number of fused-ring (bicyclic) bond motifs is 10. The van der Waals surface area contributed by atoms with E-state index in [2.05, 4.69) is 45.5 Å². The lowest BCUT2D eigenvalue weighted by Crippen LogP contribution is -2.02. The standard InChI is InChI=1S/C15H8N4/c1-3-7-11-9(5-1)16-13-15(18(11)13)14-17-10-6-2-4-8-12(10)19(14)15/h1-8H. The minimum atomic E-state index is -0.122. The van der Waals surface area contributed by atoms with Crippen molar-refractivity contribution in [3.63, 3.8) is 0 Å². The van der Waals surface area contributed by atoms with E-state index in [1.165, 1.54) is 11.0 Å². The summed E-state index contributed by atoms with van der Waals surface area (Å²) in [6, 6.07) is 16.6. The van der Waals surface area contributed by atoms with Gasteiger partial charge in [0.05, 0.1) is 22.1 Å². The first-order chi connectivity index (χ1) is 9.42. The fraction of sp³-hybridized carbons (Fsp3) is 0.0667. The Hall–Kier alpha value is -2.62. The summed E-state index contributed by atoms with van der Waals surface area (Å²) in [5.41, 5.74) is 4.42. The maximum Gasteiger partial charge on any atom is 0.243 e. The zero-order valence-electron chi connectivity index (χ0n) is 9.91. The number of nitrogens with zero attached hydrogens (tertiary/aromatic N) is 4. The van der Waals surface area contributed by atoms with Crippen molar-refractivity contribution in [3.8, 4) is 0 Å². The second-order valence-electron chi connectivity index (χ2n) is 5.19. The lowest BCUT2D eigenvalue weighted by molar-refractivity contribution is 0.774. The number of rotatable bonds is 0. The summed E-state index contributed by atoms with van der Waals surface area (Å²) >= 11 is 0. The van der Waals surface area contributed by atoms with Gasteiger partial charge in [0.25, 0.3) is 0 Å². The van der Waals surface area contributed by atoms with E-state index in [0.717, 1.165) is 22.7 Å². The van der Waals surface area contributed by atoms with Crippen LogP contribution < -0.4 is 0 Å². The molecular formula is C15H8N4. The van der Waals surface area contributed by atoms with E-state index in [-0.39, 0.29) is 5.66 Å². The van der Waals surface area contributed by atoms with E-state index in [1.807, 2.05) is 12.1 Å². The van der Waals surface area contributed by atoms with Crippen LogP contribution in [0.2, 0.25) is 0 Å². The maximum atomic E-state index is 4.72. The van der Waals surface area contributed by atoms with Crippen molar-refractivity contribution in [3.05, 3.63) is 60.2 Å². The van der Waals surface area contributed by atoms with Gasteiger partial charge in [-0.25, -0.2) is 9.97 Å². The highest BCUT2D eigenvalue weighted by atomic mass is 15.6. The van der Waals surface area contributed by atoms with Gasteiger partial charge in [-0.1, -0.05) is 24.3 Å². The molecule has 19 heavy (non-hydrogen) atoms. The van der Waals surface area contributed by atoms with Gasteiger partial charge in [-0.15, -0.1) is 0 Å². The van der Waals surface area contributed by atoms with Crippen LogP contribution >= 0.6 is 0 Å². The van der Waals surface area contributed by atoms with Gasteiger partial charge in [-0.3, -0.25) is 9.13 Å². The Kier molecular flexibility index (Phi) is 1.02. The molecule has 4 heterocycles. The van der Waals surface area contributed by atoms with E-state index in [0.29, 0.717) is 0 Å². The van der Waals surface area contributed by atoms with Gasteiger partial charge in [0, 0.05) is 0 Å². The second-order valence-corrected chi connectivity index (χ2v) is 5.19. The Morgan fingerprint density at radius 2 is 1.16 bits per heavy atom. The summed E-state index contributed by atoms with van der Waals surface area (Å²) < 4.78 is 4.58. The molecule has 2 aromatic heterocycles. The third-order valence-electron chi connectivity index (χ3n) is 4.29. The Morgan fingerprint density at radius 1 is 0.684 bits per heavy atom. The number of aromatic nitrogens is 4. The van der Waals surface area contributed by atoms with Crippen LogP contribution in [0, 0.1) is 0 Å². The number of imidazole rings is 2. The van der Waals surface area contributed by atoms with Gasteiger partial charge >= 0.3 is 0 Å². The van der Waals surface area contributed by atoms with Crippen molar-refractivity contribution < 1.29 is 0 Å². The Bertz CT molecular complexity index is 937. The fourth-order valence-electron chi connectivity index (χ4n) is 3.41. The average Bonchev–Trinajstić information content (AvgIpc) is 3.11. The summed E-state index contributed by atoms with van der Waals surface area (Å²) in [6.45, 7) is 0. The van der Waals surface area contributed by atoms with Crippen molar-refractivity contribution in [1.82, 2.24) is 19.1 Å². The molecular weight excluding hydrogens is 236 g/mol. The lowest BCUT2D eigenvalue weighted by Gasteiger charge is -1.98. The number of para-hydroxylation sites is 4. The SMILES string of the molecule is c1ccc2c(c1)nc1n2C12c1nc3ccccc3n12. The van der Waals surface area contributed by atoms with Gasteiger partial charge in [0.15, 0.2) is 11.6 Å². The second kappa shape index (κ2) is 2.28. The highest BCUT2D eigenvalue weighted by molar-refractivity contribution is 5.87. The van der Waals surface area contributed by atoms with Gasteiger partial charge in [0.1, 0.15) is 0 Å². The van der Waals surface area contributed by atoms with Crippen LogP contribution in [0.5, 0.6) is 0 Å². The molecule has 0 fully saturated rings. The molecule has 2 aromatic carbocycles. The van der Waals surface area contributed by atoms with E-state index in [1.54, 1.807) is 0 Å². The van der Waals surface area contributed by atoms with Crippen LogP contribution in [0.1, 0.15) is 11.6 Å². The first-order valence-corrected chi connectivity index (χ1v) is 6.39. The van der Waals surface area contributed by atoms with E-state index < -0.39 is 0 Å². The molecule has 0 amide bonds. The molecule has 0 bridgehead atoms. The zero-order valence-corrected chi connectivity index (χ0v) is 9.91. The van der Waals surface area contributed by atoms with Gasteiger partial charge < -0.3 is 0 Å². The molecule has 4 aromatic rings. The fourth-order valence-corrected chi connectivity index (χ4v) is 3.41. The number of benzene rings is 2.